The first kappa shape index (κ1) is 30.9. The number of carbonyl (C=O) groups is 2. The molecule has 1 aliphatic heterocycles. The Balaban J connectivity index is 1.42. The van der Waals surface area contributed by atoms with Crippen molar-refractivity contribution < 1.29 is 19.1 Å². The third-order valence-corrected chi connectivity index (χ3v) is 8.15. The lowest BCUT2D eigenvalue weighted by molar-refractivity contribution is -0.126. The van der Waals surface area contributed by atoms with Crippen molar-refractivity contribution in [3.8, 4) is 5.75 Å². The van der Waals surface area contributed by atoms with Gasteiger partial charge in [0.1, 0.15) is 17.9 Å². The van der Waals surface area contributed by atoms with Crippen molar-refractivity contribution in [2.75, 3.05) is 19.7 Å². The molecule has 4 rings (SSSR count). The number of urea groups is 1. The largest absolute Gasteiger partial charge is 0.489 e. The highest BCUT2D eigenvalue weighted by Gasteiger charge is 2.62. The van der Waals surface area contributed by atoms with Crippen LogP contribution in [0.5, 0.6) is 5.75 Å². The van der Waals surface area contributed by atoms with Crippen LogP contribution in [0.25, 0.3) is 0 Å². The Hall–Kier alpha value is -3.06. The molecular formula is C34H49N3O4. The molecule has 0 aromatic heterocycles. The first-order valence-corrected chi connectivity index (χ1v) is 15.3. The van der Waals surface area contributed by atoms with E-state index in [0.29, 0.717) is 26.1 Å². The summed E-state index contributed by atoms with van der Waals surface area (Å²) in [5.74, 6) is 1.10. The number of carbonyl (C=O) groups excluding carboxylic acids is 2. The minimum absolute atomic E-state index is 0.107. The van der Waals surface area contributed by atoms with Gasteiger partial charge in [-0.1, -0.05) is 69.2 Å². The maximum Gasteiger partial charge on any atom is 0.318 e. The van der Waals surface area contributed by atoms with Crippen LogP contribution in [0, 0.1) is 11.8 Å². The Morgan fingerprint density at radius 2 is 1.61 bits per heavy atom. The fourth-order valence-corrected chi connectivity index (χ4v) is 5.66. The number of ether oxygens (including phenoxy) is 2. The van der Waals surface area contributed by atoms with Crippen LogP contribution in [-0.2, 0) is 22.6 Å². The van der Waals surface area contributed by atoms with Crippen molar-refractivity contribution in [3.05, 3.63) is 65.7 Å². The summed E-state index contributed by atoms with van der Waals surface area (Å²) < 4.78 is 12.1. The van der Waals surface area contributed by atoms with Crippen LogP contribution in [0.3, 0.4) is 0 Å². The number of benzene rings is 2. The summed E-state index contributed by atoms with van der Waals surface area (Å²) >= 11 is 0. The van der Waals surface area contributed by atoms with Crippen molar-refractivity contribution in [3.63, 3.8) is 0 Å². The number of likely N-dealkylation sites (tertiary alicyclic amines) is 1. The topological polar surface area (TPSA) is 79.9 Å². The Morgan fingerprint density at radius 1 is 0.951 bits per heavy atom. The standard InChI is InChI=1S/C34H49N3O4/c1-25(2)30-22-34(30,36-32(39)37-19-11-6-7-12-20-37)31(38)35-28(24-41-33(3,4)5)21-26-15-17-29(18-16-26)40-23-27-13-9-8-10-14-27/h8-10,13-18,25,28,30H,6-7,11-12,19-24H2,1-5H3,(H,35,38)(H,36,39)/t28-,30?,34?/m0/s1. The fraction of sp³-hybridized carbons (Fsp3) is 0.588. The second kappa shape index (κ2) is 13.7. The highest BCUT2D eigenvalue weighted by atomic mass is 16.5. The molecule has 7 heteroatoms. The average molecular weight is 564 g/mol. The predicted molar refractivity (Wildman–Crippen MR) is 163 cm³/mol. The lowest BCUT2D eigenvalue weighted by Gasteiger charge is -2.29. The smallest absolute Gasteiger partial charge is 0.318 e. The lowest BCUT2D eigenvalue weighted by atomic mass is 10.0. The van der Waals surface area contributed by atoms with E-state index in [1.807, 2.05) is 80.3 Å². The van der Waals surface area contributed by atoms with Crippen molar-refractivity contribution in [2.24, 2.45) is 11.8 Å². The van der Waals surface area contributed by atoms with E-state index >= 15 is 0 Å². The van der Waals surface area contributed by atoms with Gasteiger partial charge < -0.3 is 25.0 Å². The van der Waals surface area contributed by atoms with Crippen molar-refractivity contribution in [1.82, 2.24) is 15.5 Å². The normalized spacial score (nSPS) is 21.6. The molecule has 0 bridgehead atoms. The van der Waals surface area contributed by atoms with Crippen LogP contribution in [0.15, 0.2) is 54.6 Å². The molecule has 1 saturated heterocycles. The second-order valence-electron chi connectivity index (χ2n) is 13.1. The predicted octanol–water partition coefficient (Wildman–Crippen LogP) is 6.11. The van der Waals surface area contributed by atoms with Crippen molar-refractivity contribution in [1.29, 1.82) is 0 Å². The third kappa shape index (κ3) is 8.96. The third-order valence-electron chi connectivity index (χ3n) is 8.15. The summed E-state index contributed by atoms with van der Waals surface area (Å²) in [7, 11) is 0. The molecule has 1 heterocycles. The number of nitrogens with one attached hydrogen (secondary N) is 2. The molecule has 1 saturated carbocycles. The zero-order chi connectivity index (χ0) is 29.5. The van der Waals surface area contributed by atoms with Gasteiger partial charge in [0.2, 0.25) is 5.91 Å². The molecule has 3 amide bonds. The molecule has 7 nitrogen and oxygen atoms in total. The van der Waals surface area contributed by atoms with E-state index < -0.39 is 5.54 Å². The van der Waals surface area contributed by atoms with Gasteiger partial charge in [-0.25, -0.2) is 4.79 Å². The number of hydrogen-bond acceptors (Lipinski definition) is 4. The molecule has 2 fully saturated rings. The maximum atomic E-state index is 13.9. The molecule has 2 aromatic rings. The van der Waals surface area contributed by atoms with E-state index in [1.165, 1.54) is 0 Å². The molecule has 2 unspecified atom stereocenters. The molecule has 0 radical (unpaired) electrons. The van der Waals surface area contributed by atoms with Gasteiger partial charge in [-0.15, -0.1) is 0 Å². The monoisotopic (exact) mass is 563 g/mol. The maximum absolute atomic E-state index is 13.9. The number of rotatable bonds is 11. The van der Waals surface area contributed by atoms with Gasteiger partial charge in [-0.05, 0) is 81.5 Å². The van der Waals surface area contributed by atoms with Crippen LogP contribution in [0.4, 0.5) is 4.79 Å². The van der Waals surface area contributed by atoms with E-state index in [9.17, 15) is 9.59 Å². The Bertz CT molecular complexity index is 1120. The van der Waals surface area contributed by atoms with Gasteiger partial charge >= 0.3 is 6.03 Å². The van der Waals surface area contributed by atoms with Crippen LogP contribution in [-0.4, -0.2) is 53.7 Å². The van der Waals surface area contributed by atoms with Gasteiger partial charge in [0.15, 0.2) is 0 Å². The fourth-order valence-electron chi connectivity index (χ4n) is 5.66. The van der Waals surface area contributed by atoms with Crippen LogP contribution < -0.4 is 15.4 Å². The summed E-state index contributed by atoms with van der Waals surface area (Å²) in [5.41, 5.74) is 0.998. The quantitative estimate of drug-likeness (QED) is 0.346. The number of amides is 3. The average Bonchev–Trinajstić information content (AvgIpc) is 3.72. The molecule has 2 N–H and O–H groups in total. The minimum Gasteiger partial charge on any atom is -0.489 e. The zero-order valence-corrected chi connectivity index (χ0v) is 25.6. The molecule has 2 aliphatic rings. The highest BCUT2D eigenvalue weighted by molar-refractivity contribution is 5.94. The Morgan fingerprint density at radius 3 is 2.20 bits per heavy atom. The van der Waals surface area contributed by atoms with Gasteiger partial charge in [-0.2, -0.15) is 0 Å². The SMILES string of the molecule is CC(C)C1CC1(NC(=O)N1CCCCCC1)C(=O)N[C@H](COC(C)(C)C)Cc1ccc(OCc2ccccc2)cc1. The highest BCUT2D eigenvalue weighted by Crippen LogP contribution is 2.49. The van der Waals surface area contributed by atoms with Crippen molar-refractivity contribution >= 4 is 11.9 Å². The van der Waals surface area contributed by atoms with E-state index in [4.69, 9.17) is 9.47 Å². The van der Waals surface area contributed by atoms with Gasteiger partial charge in [0.25, 0.3) is 0 Å². The minimum atomic E-state index is -0.868. The molecule has 3 atom stereocenters. The van der Waals surface area contributed by atoms with Crippen molar-refractivity contribution in [2.45, 2.75) is 96.9 Å². The van der Waals surface area contributed by atoms with E-state index in [-0.39, 0.29) is 35.4 Å². The second-order valence-corrected chi connectivity index (χ2v) is 13.1. The van der Waals surface area contributed by atoms with E-state index in [0.717, 1.165) is 55.6 Å². The molecular weight excluding hydrogens is 514 g/mol. The molecule has 0 spiro atoms. The molecule has 41 heavy (non-hydrogen) atoms. The summed E-state index contributed by atoms with van der Waals surface area (Å²) in [6.07, 6.45) is 5.62. The van der Waals surface area contributed by atoms with Crippen LogP contribution in [0.2, 0.25) is 0 Å². The summed E-state index contributed by atoms with van der Waals surface area (Å²) in [5, 5.41) is 6.47. The summed E-state index contributed by atoms with van der Waals surface area (Å²) in [4.78, 5) is 29.1. The van der Waals surface area contributed by atoms with E-state index in [1.54, 1.807) is 0 Å². The number of nitrogens with zero attached hydrogens (tertiary/aromatic N) is 1. The van der Waals surface area contributed by atoms with Gasteiger partial charge in [-0.3, -0.25) is 4.79 Å². The number of hydrogen-bond donors (Lipinski definition) is 2. The molecule has 224 valence electrons. The first-order valence-electron chi connectivity index (χ1n) is 15.3. The van der Waals surface area contributed by atoms with Crippen LogP contribution >= 0.6 is 0 Å². The first-order chi connectivity index (χ1) is 19.6. The Labute approximate surface area is 246 Å². The van der Waals surface area contributed by atoms with Crippen LogP contribution in [0.1, 0.15) is 77.8 Å². The van der Waals surface area contributed by atoms with E-state index in [2.05, 4.69) is 24.5 Å². The molecule has 1 aliphatic carbocycles. The molecule has 2 aromatic carbocycles. The zero-order valence-electron chi connectivity index (χ0n) is 25.6. The summed E-state index contributed by atoms with van der Waals surface area (Å²) in [6, 6.07) is 17.8. The lowest BCUT2D eigenvalue weighted by Crippen LogP contribution is -2.57. The van der Waals surface area contributed by atoms with Gasteiger partial charge in [0, 0.05) is 13.1 Å². The van der Waals surface area contributed by atoms with Gasteiger partial charge in [0.05, 0.1) is 18.2 Å². The Kier molecular flexibility index (Phi) is 10.3. The summed E-state index contributed by atoms with van der Waals surface area (Å²) in [6.45, 7) is 12.7.